The maximum absolute atomic E-state index is 13.9. The van der Waals surface area contributed by atoms with Crippen LogP contribution >= 0.6 is 0 Å². The third-order valence-electron chi connectivity index (χ3n) is 5.10. The van der Waals surface area contributed by atoms with Gasteiger partial charge in [-0.1, -0.05) is 35.9 Å². The van der Waals surface area contributed by atoms with Crippen molar-refractivity contribution in [3.8, 4) is 0 Å². The summed E-state index contributed by atoms with van der Waals surface area (Å²) in [5.74, 6) is -0.989. The molecule has 5 heteroatoms. The lowest BCUT2D eigenvalue weighted by molar-refractivity contribution is 0.0489. The molecule has 1 heterocycles. The van der Waals surface area contributed by atoms with E-state index in [4.69, 9.17) is 0 Å². The van der Waals surface area contributed by atoms with Gasteiger partial charge in [0.05, 0.1) is 0 Å². The van der Waals surface area contributed by atoms with E-state index in [0.717, 1.165) is 19.6 Å². The zero-order chi connectivity index (χ0) is 18.5. The number of aryl methyl sites for hydroxylation is 1. The van der Waals surface area contributed by atoms with E-state index in [1.807, 2.05) is 0 Å². The standard InChI is InChI=1S/C21H26F2N2O/c1-16-5-7-17(8-6-16)13-25-11-10-24(14-18(25)9-12-26)15-19-20(22)3-2-4-21(19)23/h2-8,18,26H,9-15H2,1H3/t18-/m1/s1. The first-order valence-electron chi connectivity index (χ1n) is 9.12. The summed E-state index contributed by atoms with van der Waals surface area (Å²) in [5.41, 5.74) is 2.60. The van der Waals surface area contributed by atoms with Crippen molar-refractivity contribution in [1.82, 2.24) is 9.80 Å². The van der Waals surface area contributed by atoms with Crippen molar-refractivity contribution in [3.05, 3.63) is 70.8 Å². The van der Waals surface area contributed by atoms with E-state index in [-0.39, 0.29) is 24.8 Å². The predicted molar refractivity (Wildman–Crippen MR) is 98.7 cm³/mol. The summed E-state index contributed by atoms with van der Waals surface area (Å²) < 4.78 is 27.9. The molecule has 0 aliphatic carbocycles. The minimum Gasteiger partial charge on any atom is -0.396 e. The second-order valence-corrected chi connectivity index (χ2v) is 7.06. The molecular formula is C21H26F2N2O. The minimum atomic E-state index is -0.495. The molecule has 0 aromatic heterocycles. The molecule has 1 saturated heterocycles. The molecule has 1 aliphatic rings. The Morgan fingerprint density at radius 1 is 1.00 bits per heavy atom. The molecule has 0 spiro atoms. The Kier molecular flexibility index (Phi) is 6.35. The maximum atomic E-state index is 13.9. The first-order valence-corrected chi connectivity index (χ1v) is 9.12. The lowest BCUT2D eigenvalue weighted by Crippen LogP contribution is -2.52. The Hall–Kier alpha value is -1.82. The Bertz CT molecular complexity index is 700. The Balaban J connectivity index is 1.66. The third-order valence-corrected chi connectivity index (χ3v) is 5.10. The molecule has 1 atom stereocenters. The Morgan fingerprint density at radius 2 is 1.69 bits per heavy atom. The number of nitrogens with zero attached hydrogens (tertiary/aromatic N) is 2. The molecule has 26 heavy (non-hydrogen) atoms. The highest BCUT2D eigenvalue weighted by atomic mass is 19.1. The molecule has 3 rings (SSSR count). The second-order valence-electron chi connectivity index (χ2n) is 7.06. The third kappa shape index (κ3) is 4.67. The normalized spacial score (nSPS) is 19.0. The molecule has 0 unspecified atom stereocenters. The summed E-state index contributed by atoms with van der Waals surface area (Å²) in [5, 5.41) is 9.44. The van der Waals surface area contributed by atoms with Gasteiger partial charge in [0, 0.05) is 50.9 Å². The number of piperazine rings is 1. The second kappa shape index (κ2) is 8.71. The van der Waals surface area contributed by atoms with Crippen LogP contribution in [-0.4, -0.2) is 47.2 Å². The van der Waals surface area contributed by atoms with Gasteiger partial charge in [-0.15, -0.1) is 0 Å². The molecule has 1 fully saturated rings. The lowest BCUT2D eigenvalue weighted by Gasteiger charge is -2.41. The van der Waals surface area contributed by atoms with Crippen molar-refractivity contribution in [2.75, 3.05) is 26.2 Å². The van der Waals surface area contributed by atoms with Crippen LogP contribution in [-0.2, 0) is 13.1 Å². The van der Waals surface area contributed by atoms with E-state index in [1.165, 1.54) is 29.3 Å². The SMILES string of the molecule is Cc1ccc(CN2CCN(Cc3c(F)cccc3F)C[C@H]2CCO)cc1. The van der Waals surface area contributed by atoms with E-state index in [0.29, 0.717) is 13.0 Å². The van der Waals surface area contributed by atoms with E-state index < -0.39 is 11.6 Å². The van der Waals surface area contributed by atoms with Crippen LogP contribution < -0.4 is 0 Å². The molecule has 0 bridgehead atoms. The minimum absolute atomic E-state index is 0.108. The lowest BCUT2D eigenvalue weighted by atomic mass is 10.1. The summed E-state index contributed by atoms with van der Waals surface area (Å²) in [6, 6.07) is 12.6. The van der Waals surface area contributed by atoms with Crippen molar-refractivity contribution < 1.29 is 13.9 Å². The Morgan fingerprint density at radius 3 is 2.35 bits per heavy atom. The summed E-state index contributed by atoms with van der Waals surface area (Å²) in [4.78, 5) is 4.43. The molecule has 2 aromatic rings. The molecule has 3 nitrogen and oxygen atoms in total. The van der Waals surface area contributed by atoms with E-state index >= 15 is 0 Å². The van der Waals surface area contributed by atoms with Crippen LogP contribution in [0.1, 0.15) is 23.1 Å². The highest BCUT2D eigenvalue weighted by molar-refractivity contribution is 5.22. The smallest absolute Gasteiger partial charge is 0.130 e. The highest BCUT2D eigenvalue weighted by Crippen LogP contribution is 2.21. The van der Waals surface area contributed by atoms with Gasteiger partial charge in [0.1, 0.15) is 11.6 Å². The fourth-order valence-corrected chi connectivity index (χ4v) is 3.57. The first kappa shape index (κ1) is 19.0. The van der Waals surface area contributed by atoms with Gasteiger partial charge in [-0.3, -0.25) is 9.80 Å². The fraction of sp³-hybridized carbons (Fsp3) is 0.429. The molecule has 2 aromatic carbocycles. The molecule has 0 radical (unpaired) electrons. The Labute approximate surface area is 153 Å². The molecule has 0 amide bonds. The van der Waals surface area contributed by atoms with E-state index in [1.54, 1.807) is 0 Å². The predicted octanol–water partition coefficient (Wildman–Crippen LogP) is 3.34. The number of halogens is 2. The molecule has 1 N–H and O–H groups in total. The van der Waals surface area contributed by atoms with Gasteiger partial charge < -0.3 is 5.11 Å². The number of aliphatic hydroxyl groups is 1. The van der Waals surface area contributed by atoms with Gasteiger partial charge >= 0.3 is 0 Å². The van der Waals surface area contributed by atoms with Gasteiger partial charge in [-0.05, 0) is 31.0 Å². The van der Waals surface area contributed by atoms with Gasteiger partial charge in [0.25, 0.3) is 0 Å². The quantitative estimate of drug-likeness (QED) is 0.856. The average molecular weight is 360 g/mol. The number of benzene rings is 2. The maximum Gasteiger partial charge on any atom is 0.130 e. The van der Waals surface area contributed by atoms with Crippen LogP contribution in [0.25, 0.3) is 0 Å². The van der Waals surface area contributed by atoms with Gasteiger partial charge in [0.15, 0.2) is 0 Å². The van der Waals surface area contributed by atoms with E-state index in [9.17, 15) is 13.9 Å². The average Bonchev–Trinajstić information content (AvgIpc) is 2.62. The van der Waals surface area contributed by atoms with Gasteiger partial charge in [0.2, 0.25) is 0 Å². The number of hydrogen-bond donors (Lipinski definition) is 1. The monoisotopic (exact) mass is 360 g/mol. The first-order chi connectivity index (χ1) is 12.6. The summed E-state index contributed by atoms with van der Waals surface area (Å²) in [6.45, 7) is 5.53. The topological polar surface area (TPSA) is 26.7 Å². The van der Waals surface area contributed by atoms with Gasteiger partial charge in [-0.2, -0.15) is 0 Å². The largest absolute Gasteiger partial charge is 0.396 e. The van der Waals surface area contributed by atoms with Crippen LogP contribution in [0.15, 0.2) is 42.5 Å². The van der Waals surface area contributed by atoms with Crippen molar-refractivity contribution in [2.24, 2.45) is 0 Å². The summed E-state index contributed by atoms with van der Waals surface area (Å²) >= 11 is 0. The van der Waals surface area contributed by atoms with Crippen LogP contribution in [0.3, 0.4) is 0 Å². The fourth-order valence-electron chi connectivity index (χ4n) is 3.57. The van der Waals surface area contributed by atoms with Crippen LogP contribution in [0.4, 0.5) is 8.78 Å². The van der Waals surface area contributed by atoms with Crippen LogP contribution in [0.2, 0.25) is 0 Å². The molecule has 0 saturated carbocycles. The molecule has 140 valence electrons. The number of aliphatic hydroxyl groups excluding tert-OH is 1. The van der Waals surface area contributed by atoms with Crippen LogP contribution in [0.5, 0.6) is 0 Å². The van der Waals surface area contributed by atoms with Crippen LogP contribution in [0, 0.1) is 18.6 Å². The molecular weight excluding hydrogens is 334 g/mol. The van der Waals surface area contributed by atoms with Crippen molar-refractivity contribution in [3.63, 3.8) is 0 Å². The number of hydrogen-bond acceptors (Lipinski definition) is 3. The van der Waals surface area contributed by atoms with Gasteiger partial charge in [-0.25, -0.2) is 8.78 Å². The summed E-state index contributed by atoms with van der Waals surface area (Å²) in [6.07, 6.45) is 0.655. The molecule has 1 aliphatic heterocycles. The number of rotatable bonds is 6. The summed E-state index contributed by atoms with van der Waals surface area (Å²) in [7, 11) is 0. The van der Waals surface area contributed by atoms with Crippen molar-refractivity contribution >= 4 is 0 Å². The van der Waals surface area contributed by atoms with E-state index in [2.05, 4.69) is 41.0 Å². The van der Waals surface area contributed by atoms with Crippen molar-refractivity contribution in [2.45, 2.75) is 32.5 Å². The zero-order valence-electron chi connectivity index (χ0n) is 15.2. The highest BCUT2D eigenvalue weighted by Gasteiger charge is 2.27. The van der Waals surface area contributed by atoms with Crippen molar-refractivity contribution in [1.29, 1.82) is 0 Å². The zero-order valence-corrected chi connectivity index (χ0v) is 15.2.